The van der Waals surface area contributed by atoms with Crippen LogP contribution >= 0.6 is 0 Å². The van der Waals surface area contributed by atoms with Crippen molar-refractivity contribution in [1.29, 1.82) is 0 Å². The van der Waals surface area contributed by atoms with Crippen LogP contribution in [0.3, 0.4) is 0 Å². The molecule has 0 unspecified atom stereocenters. The van der Waals surface area contributed by atoms with Crippen LogP contribution in [-0.4, -0.2) is 54.7 Å². The number of para-hydroxylation sites is 1. The summed E-state index contributed by atoms with van der Waals surface area (Å²) in [7, 11) is -3.83. The van der Waals surface area contributed by atoms with E-state index in [1.165, 1.54) is 27.4 Å². The fourth-order valence-electron chi connectivity index (χ4n) is 3.56. The summed E-state index contributed by atoms with van der Waals surface area (Å²) in [5.74, 6) is -2.96. The number of pyridine rings is 1. The molecule has 0 atom stereocenters. The number of halogens is 2. The maximum absolute atomic E-state index is 13.9. The highest BCUT2D eigenvalue weighted by Crippen LogP contribution is 2.26. The van der Waals surface area contributed by atoms with Crippen LogP contribution < -0.4 is 0 Å². The SMILES string of the molecule is Cc1cnc2c(S(=O)(=O)N3CCN(C(=O)c4cccc(F)c4F)CC3)cccc2c1. The predicted octanol–water partition coefficient (Wildman–Crippen LogP) is 2.97. The molecule has 30 heavy (non-hydrogen) atoms. The molecule has 1 aliphatic heterocycles. The monoisotopic (exact) mass is 431 g/mol. The zero-order valence-electron chi connectivity index (χ0n) is 16.2. The smallest absolute Gasteiger partial charge is 0.257 e. The molecule has 1 saturated heterocycles. The Balaban J connectivity index is 1.55. The zero-order valence-corrected chi connectivity index (χ0v) is 17.0. The van der Waals surface area contributed by atoms with Crippen LogP contribution in [0.1, 0.15) is 15.9 Å². The third kappa shape index (κ3) is 3.54. The van der Waals surface area contributed by atoms with E-state index in [-0.39, 0.29) is 36.6 Å². The molecule has 2 aromatic carbocycles. The van der Waals surface area contributed by atoms with Crippen molar-refractivity contribution in [2.45, 2.75) is 11.8 Å². The van der Waals surface area contributed by atoms with E-state index in [1.807, 2.05) is 13.0 Å². The minimum atomic E-state index is -3.83. The molecule has 1 aromatic heterocycles. The first-order valence-electron chi connectivity index (χ1n) is 9.38. The first-order chi connectivity index (χ1) is 14.3. The molecular formula is C21H19F2N3O3S. The average Bonchev–Trinajstić information content (AvgIpc) is 2.74. The van der Waals surface area contributed by atoms with Crippen molar-refractivity contribution in [3.63, 3.8) is 0 Å². The van der Waals surface area contributed by atoms with Gasteiger partial charge in [-0.25, -0.2) is 17.2 Å². The summed E-state index contributed by atoms with van der Waals surface area (Å²) >= 11 is 0. The van der Waals surface area contributed by atoms with Gasteiger partial charge in [-0.05, 0) is 36.8 Å². The van der Waals surface area contributed by atoms with Gasteiger partial charge in [0.1, 0.15) is 4.90 Å². The van der Waals surface area contributed by atoms with Gasteiger partial charge in [-0.1, -0.05) is 18.2 Å². The number of benzene rings is 2. The summed E-state index contributed by atoms with van der Waals surface area (Å²) in [6.45, 7) is 2.13. The van der Waals surface area contributed by atoms with Gasteiger partial charge in [0.15, 0.2) is 11.6 Å². The molecule has 1 fully saturated rings. The van der Waals surface area contributed by atoms with Gasteiger partial charge in [0.25, 0.3) is 5.91 Å². The lowest BCUT2D eigenvalue weighted by atomic mass is 10.1. The summed E-state index contributed by atoms with van der Waals surface area (Å²) in [6, 6.07) is 10.3. The summed E-state index contributed by atoms with van der Waals surface area (Å²) < 4.78 is 55.1. The van der Waals surface area contributed by atoms with Gasteiger partial charge in [0, 0.05) is 37.8 Å². The molecule has 4 rings (SSSR count). The van der Waals surface area contributed by atoms with E-state index < -0.39 is 27.6 Å². The van der Waals surface area contributed by atoms with E-state index in [4.69, 9.17) is 0 Å². The number of hydrogen-bond donors (Lipinski definition) is 0. The van der Waals surface area contributed by atoms with E-state index in [0.717, 1.165) is 17.0 Å². The maximum Gasteiger partial charge on any atom is 0.257 e. The molecule has 0 radical (unpaired) electrons. The lowest BCUT2D eigenvalue weighted by Crippen LogP contribution is -2.50. The van der Waals surface area contributed by atoms with Gasteiger partial charge >= 0.3 is 0 Å². The van der Waals surface area contributed by atoms with E-state index >= 15 is 0 Å². The second kappa shape index (κ2) is 7.73. The van der Waals surface area contributed by atoms with E-state index in [0.29, 0.717) is 5.52 Å². The lowest BCUT2D eigenvalue weighted by molar-refractivity contribution is 0.0692. The number of sulfonamides is 1. The maximum atomic E-state index is 13.9. The van der Waals surface area contributed by atoms with Crippen LogP contribution in [0, 0.1) is 18.6 Å². The Labute approximate surface area is 172 Å². The molecule has 0 N–H and O–H groups in total. The first-order valence-corrected chi connectivity index (χ1v) is 10.8. The van der Waals surface area contributed by atoms with Crippen molar-refractivity contribution in [2.75, 3.05) is 26.2 Å². The quantitative estimate of drug-likeness (QED) is 0.639. The number of aromatic nitrogens is 1. The van der Waals surface area contributed by atoms with Crippen LogP contribution in [0.15, 0.2) is 53.6 Å². The van der Waals surface area contributed by atoms with Gasteiger partial charge < -0.3 is 4.90 Å². The summed E-state index contributed by atoms with van der Waals surface area (Å²) in [5, 5.41) is 0.728. The number of carbonyl (C=O) groups is 1. The normalized spacial score (nSPS) is 15.5. The third-order valence-corrected chi connectivity index (χ3v) is 7.07. The van der Waals surface area contributed by atoms with Crippen molar-refractivity contribution in [1.82, 2.24) is 14.2 Å². The van der Waals surface area contributed by atoms with Crippen LogP contribution in [0.2, 0.25) is 0 Å². The standard InChI is InChI=1S/C21H19F2N3O3S/c1-14-12-15-4-2-7-18(20(15)24-13-14)30(28,29)26-10-8-25(9-11-26)21(27)16-5-3-6-17(22)19(16)23/h2-7,12-13H,8-11H2,1H3. The molecule has 1 amide bonds. The Morgan fingerprint density at radius 2 is 1.73 bits per heavy atom. The third-order valence-electron chi connectivity index (χ3n) is 5.14. The Bertz CT molecular complexity index is 1240. The number of carbonyl (C=O) groups excluding carboxylic acids is 1. The van der Waals surface area contributed by atoms with Crippen LogP contribution in [0.4, 0.5) is 8.78 Å². The highest BCUT2D eigenvalue weighted by Gasteiger charge is 2.32. The van der Waals surface area contributed by atoms with Crippen molar-refractivity contribution >= 4 is 26.8 Å². The Kier molecular flexibility index (Phi) is 5.25. The highest BCUT2D eigenvalue weighted by atomic mass is 32.2. The van der Waals surface area contributed by atoms with Gasteiger partial charge in [0.05, 0.1) is 11.1 Å². The van der Waals surface area contributed by atoms with E-state index in [2.05, 4.69) is 4.98 Å². The molecule has 9 heteroatoms. The minimum absolute atomic E-state index is 0.0489. The minimum Gasteiger partial charge on any atom is -0.336 e. The summed E-state index contributed by atoms with van der Waals surface area (Å²) in [5.41, 5.74) is 0.956. The highest BCUT2D eigenvalue weighted by molar-refractivity contribution is 7.89. The fraction of sp³-hybridized carbons (Fsp3) is 0.238. The number of aryl methyl sites for hydroxylation is 1. The topological polar surface area (TPSA) is 70.6 Å². The number of rotatable bonds is 3. The lowest BCUT2D eigenvalue weighted by Gasteiger charge is -2.34. The molecular weight excluding hydrogens is 412 g/mol. The van der Waals surface area contributed by atoms with Crippen molar-refractivity contribution in [3.05, 3.63) is 71.4 Å². The van der Waals surface area contributed by atoms with Crippen LogP contribution in [-0.2, 0) is 10.0 Å². The Morgan fingerprint density at radius 3 is 2.47 bits per heavy atom. The average molecular weight is 431 g/mol. The van der Waals surface area contributed by atoms with Crippen molar-refractivity contribution in [3.8, 4) is 0 Å². The molecule has 0 saturated carbocycles. The predicted molar refractivity (Wildman–Crippen MR) is 108 cm³/mol. The number of fused-ring (bicyclic) bond motifs is 1. The van der Waals surface area contributed by atoms with E-state index in [1.54, 1.807) is 18.3 Å². The second-order valence-corrected chi connectivity index (χ2v) is 9.04. The molecule has 3 aromatic rings. The zero-order chi connectivity index (χ0) is 21.5. The number of hydrogen-bond acceptors (Lipinski definition) is 4. The first kappa shape index (κ1) is 20.4. The molecule has 0 aliphatic carbocycles. The van der Waals surface area contributed by atoms with Crippen LogP contribution in [0.25, 0.3) is 10.9 Å². The number of amides is 1. The Morgan fingerprint density at radius 1 is 1.03 bits per heavy atom. The molecule has 156 valence electrons. The fourth-order valence-corrected chi connectivity index (χ4v) is 5.15. The summed E-state index contributed by atoms with van der Waals surface area (Å²) in [6.07, 6.45) is 1.62. The van der Waals surface area contributed by atoms with Crippen molar-refractivity contribution in [2.24, 2.45) is 0 Å². The second-order valence-electron chi connectivity index (χ2n) is 7.14. The van der Waals surface area contributed by atoms with Gasteiger partial charge in [-0.15, -0.1) is 0 Å². The largest absolute Gasteiger partial charge is 0.336 e. The van der Waals surface area contributed by atoms with E-state index in [9.17, 15) is 22.0 Å². The van der Waals surface area contributed by atoms with Crippen LogP contribution in [0.5, 0.6) is 0 Å². The number of nitrogens with zero attached hydrogens (tertiary/aromatic N) is 3. The Hall–Kier alpha value is -2.91. The number of piperazine rings is 1. The molecule has 2 heterocycles. The molecule has 6 nitrogen and oxygen atoms in total. The molecule has 1 aliphatic rings. The van der Waals surface area contributed by atoms with Gasteiger partial charge in [0.2, 0.25) is 10.0 Å². The van der Waals surface area contributed by atoms with Gasteiger partial charge in [-0.2, -0.15) is 4.31 Å². The molecule has 0 spiro atoms. The summed E-state index contributed by atoms with van der Waals surface area (Å²) in [4.78, 5) is 18.3. The van der Waals surface area contributed by atoms with Crippen molar-refractivity contribution < 1.29 is 22.0 Å². The van der Waals surface area contributed by atoms with Gasteiger partial charge in [-0.3, -0.25) is 9.78 Å². The molecule has 0 bridgehead atoms.